The summed E-state index contributed by atoms with van der Waals surface area (Å²) in [5.74, 6) is -2.20. The molecule has 0 aromatic heterocycles. The van der Waals surface area contributed by atoms with E-state index < -0.39 is 48.3 Å². The number of methoxy groups -OCH3 is 2. The van der Waals surface area contributed by atoms with Gasteiger partial charge in [0.05, 0.1) is 42.7 Å². The Morgan fingerprint density at radius 1 is 0.823 bits per heavy atom. The summed E-state index contributed by atoms with van der Waals surface area (Å²) >= 11 is 0. The molecular formula is C48H77N7O7. The van der Waals surface area contributed by atoms with Crippen molar-refractivity contribution in [3.05, 3.63) is 65.7 Å². The Balaban J connectivity index is 1.79. The van der Waals surface area contributed by atoms with Crippen LogP contribution in [0, 0.1) is 23.7 Å². The van der Waals surface area contributed by atoms with E-state index in [2.05, 4.69) is 16.0 Å². The molecule has 0 aliphatic carbocycles. The van der Waals surface area contributed by atoms with E-state index in [0.29, 0.717) is 31.6 Å². The molecule has 0 saturated carbocycles. The van der Waals surface area contributed by atoms with Gasteiger partial charge >= 0.3 is 0 Å². The number of ether oxygens (including phenoxy) is 2. The Morgan fingerprint density at radius 2 is 1.47 bits per heavy atom. The van der Waals surface area contributed by atoms with Crippen molar-refractivity contribution in [2.75, 3.05) is 54.2 Å². The van der Waals surface area contributed by atoms with E-state index in [-0.39, 0.29) is 60.1 Å². The van der Waals surface area contributed by atoms with Gasteiger partial charge in [0.15, 0.2) is 0 Å². The molecule has 14 heteroatoms. The minimum Gasteiger partial charge on any atom is -0.399 e. The molecule has 1 aliphatic rings. The molecule has 1 saturated heterocycles. The molecule has 9 atom stereocenters. The summed E-state index contributed by atoms with van der Waals surface area (Å²) in [6.07, 6.45) is 1.65. The number of nitrogens with two attached hydrogens (primary N) is 1. The van der Waals surface area contributed by atoms with Crippen molar-refractivity contribution < 1.29 is 33.4 Å². The number of carbonyl (C=O) groups is 5. The van der Waals surface area contributed by atoms with E-state index >= 15 is 0 Å². The van der Waals surface area contributed by atoms with Gasteiger partial charge < -0.3 is 41.0 Å². The first-order valence-electron chi connectivity index (χ1n) is 22.4. The lowest BCUT2D eigenvalue weighted by Gasteiger charge is -2.41. The van der Waals surface area contributed by atoms with Gasteiger partial charge in [-0.1, -0.05) is 97.4 Å². The lowest BCUT2D eigenvalue weighted by atomic mass is 9.89. The first kappa shape index (κ1) is 51.8. The van der Waals surface area contributed by atoms with Crippen molar-refractivity contribution in [3.63, 3.8) is 0 Å². The van der Waals surface area contributed by atoms with E-state index in [1.165, 1.54) is 0 Å². The summed E-state index contributed by atoms with van der Waals surface area (Å²) in [5.41, 5.74) is 8.46. The third-order valence-electron chi connectivity index (χ3n) is 12.6. The van der Waals surface area contributed by atoms with Gasteiger partial charge in [-0.05, 0) is 74.4 Å². The van der Waals surface area contributed by atoms with Gasteiger partial charge in [0, 0.05) is 46.5 Å². The molecule has 1 fully saturated rings. The molecule has 1 heterocycles. The van der Waals surface area contributed by atoms with Crippen LogP contribution in [0.15, 0.2) is 54.6 Å². The topological polar surface area (TPSA) is 176 Å². The second-order valence-corrected chi connectivity index (χ2v) is 18.0. The number of hydrogen-bond acceptors (Lipinski definition) is 9. The van der Waals surface area contributed by atoms with Crippen molar-refractivity contribution in [1.29, 1.82) is 0 Å². The van der Waals surface area contributed by atoms with Gasteiger partial charge in [-0.25, -0.2) is 0 Å². The zero-order valence-corrected chi connectivity index (χ0v) is 39.5. The number of hydrogen-bond donors (Lipinski definition) is 4. The van der Waals surface area contributed by atoms with Crippen LogP contribution in [0.25, 0.3) is 0 Å². The number of rotatable bonds is 24. The Morgan fingerprint density at radius 3 is 2.02 bits per heavy atom. The SMILES string of the molecule is CC[C@H](C)C([C@@H](CC(=O)N1CCC[C@H]1[C@H](OC)[C@@H](C)C(=O)N[C@@H](Cc1ccc(N)cc1)C(=O)NCCc1ccccc1)OC)N(C)C(=O)C(NC(=O)C(C(C)C)N(C)C)C(C)C. The standard InChI is InChI=1S/C48H77N7O7/c1-13-32(6)43(54(10)48(60)41(30(2)3)52-47(59)42(31(4)5)53(8)9)39(61-11)29-40(56)55-27-17-20-38(55)44(62-12)33(7)45(57)51-37(28-35-21-23-36(49)24-22-35)46(58)50-26-25-34-18-15-14-16-19-34/h14-16,18-19,21-24,30-33,37-39,41-44H,13,17,20,25-29,49H2,1-12H3,(H,50,58)(H,51,57)(H,52,59)/t32-,33+,37-,38-,39+,41?,42?,43?,44+/m0/s1. The zero-order chi connectivity index (χ0) is 46.3. The van der Waals surface area contributed by atoms with E-state index in [4.69, 9.17) is 15.2 Å². The highest BCUT2D eigenvalue weighted by atomic mass is 16.5. The Hall–Kier alpha value is -4.53. The Labute approximate surface area is 371 Å². The monoisotopic (exact) mass is 864 g/mol. The van der Waals surface area contributed by atoms with Gasteiger partial charge in [0.2, 0.25) is 29.5 Å². The molecule has 14 nitrogen and oxygen atoms in total. The van der Waals surface area contributed by atoms with Crippen molar-refractivity contribution in [1.82, 2.24) is 30.7 Å². The highest BCUT2D eigenvalue weighted by Crippen LogP contribution is 2.30. The minimum atomic E-state index is -0.865. The van der Waals surface area contributed by atoms with Gasteiger partial charge in [-0.3, -0.25) is 28.9 Å². The van der Waals surface area contributed by atoms with Crippen LogP contribution < -0.4 is 21.7 Å². The molecule has 2 aromatic carbocycles. The Kier molecular flexibility index (Phi) is 20.8. The molecule has 3 unspecified atom stereocenters. The number of likely N-dealkylation sites (tertiary alicyclic amines) is 1. The number of amides is 5. The van der Waals surface area contributed by atoms with Crippen LogP contribution >= 0.6 is 0 Å². The van der Waals surface area contributed by atoms with Crippen molar-refractivity contribution in [2.24, 2.45) is 23.7 Å². The molecule has 5 N–H and O–H groups in total. The fraction of sp³-hybridized carbons (Fsp3) is 0.646. The highest BCUT2D eigenvalue weighted by Gasteiger charge is 2.43. The second-order valence-electron chi connectivity index (χ2n) is 18.0. The molecule has 62 heavy (non-hydrogen) atoms. The predicted octanol–water partition coefficient (Wildman–Crippen LogP) is 4.30. The summed E-state index contributed by atoms with van der Waals surface area (Å²) in [4.78, 5) is 75.3. The van der Waals surface area contributed by atoms with Crippen LogP contribution in [0.3, 0.4) is 0 Å². The summed E-state index contributed by atoms with van der Waals surface area (Å²) in [6, 6.07) is 14.1. The van der Waals surface area contributed by atoms with E-state index in [1.54, 1.807) is 50.1 Å². The third-order valence-corrected chi connectivity index (χ3v) is 12.6. The van der Waals surface area contributed by atoms with Crippen LogP contribution in [0.4, 0.5) is 5.69 Å². The largest absolute Gasteiger partial charge is 0.399 e. The van der Waals surface area contributed by atoms with Crippen LogP contribution in [-0.4, -0.2) is 135 Å². The first-order valence-corrected chi connectivity index (χ1v) is 22.4. The number of benzene rings is 2. The molecule has 346 valence electrons. The first-order chi connectivity index (χ1) is 29.4. The van der Waals surface area contributed by atoms with Crippen molar-refractivity contribution in [2.45, 2.75) is 129 Å². The number of nitrogen functional groups attached to an aromatic ring is 1. The number of nitrogens with one attached hydrogen (secondary N) is 3. The molecule has 3 rings (SSSR count). The van der Waals surface area contributed by atoms with Gasteiger partial charge in [-0.2, -0.15) is 0 Å². The summed E-state index contributed by atoms with van der Waals surface area (Å²) in [6.45, 7) is 14.5. The fourth-order valence-corrected chi connectivity index (χ4v) is 8.91. The molecular weight excluding hydrogens is 787 g/mol. The minimum absolute atomic E-state index is 0.00177. The Bertz CT molecular complexity index is 1720. The highest BCUT2D eigenvalue weighted by molar-refractivity contribution is 5.91. The van der Waals surface area contributed by atoms with Gasteiger partial charge in [0.25, 0.3) is 0 Å². The maximum atomic E-state index is 14.4. The van der Waals surface area contributed by atoms with Crippen LogP contribution in [0.5, 0.6) is 0 Å². The fourth-order valence-electron chi connectivity index (χ4n) is 8.91. The van der Waals surface area contributed by atoms with E-state index in [0.717, 1.165) is 24.0 Å². The van der Waals surface area contributed by atoms with Gasteiger partial charge in [-0.15, -0.1) is 0 Å². The average Bonchev–Trinajstić information content (AvgIpc) is 3.72. The van der Waals surface area contributed by atoms with E-state index in [1.807, 2.05) is 103 Å². The molecule has 0 radical (unpaired) electrons. The summed E-state index contributed by atoms with van der Waals surface area (Å²) in [5, 5.41) is 9.05. The molecule has 0 spiro atoms. The van der Waals surface area contributed by atoms with Crippen LogP contribution in [0.2, 0.25) is 0 Å². The molecule has 2 aromatic rings. The number of carbonyl (C=O) groups excluding carboxylic acids is 5. The average molecular weight is 864 g/mol. The lowest BCUT2D eigenvalue weighted by molar-refractivity contribution is -0.148. The third kappa shape index (κ3) is 14.2. The number of nitrogens with zero attached hydrogens (tertiary/aromatic N) is 3. The molecule has 5 amide bonds. The summed E-state index contributed by atoms with van der Waals surface area (Å²) < 4.78 is 12.1. The zero-order valence-electron chi connectivity index (χ0n) is 39.5. The van der Waals surface area contributed by atoms with Crippen molar-refractivity contribution in [3.8, 4) is 0 Å². The van der Waals surface area contributed by atoms with Crippen LogP contribution in [0.1, 0.15) is 85.3 Å². The summed E-state index contributed by atoms with van der Waals surface area (Å²) in [7, 11) is 8.54. The number of likely N-dealkylation sites (N-methyl/N-ethyl adjacent to an activating group) is 2. The lowest BCUT2D eigenvalue weighted by Crippen LogP contribution is -2.59. The maximum Gasteiger partial charge on any atom is 0.245 e. The van der Waals surface area contributed by atoms with Crippen molar-refractivity contribution >= 4 is 35.2 Å². The molecule has 1 aliphatic heterocycles. The smallest absolute Gasteiger partial charge is 0.245 e. The second kappa shape index (κ2) is 24.9. The predicted molar refractivity (Wildman–Crippen MR) is 245 cm³/mol. The quantitative estimate of drug-likeness (QED) is 0.112. The molecule has 0 bridgehead atoms. The maximum absolute atomic E-state index is 14.4. The normalized spacial score (nSPS) is 18.0. The van der Waals surface area contributed by atoms with Crippen LogP contribution in [-0.2, 0) is 46.3 Å². The van der Waals surface area contributed by atoms with E-state index in [9.17, 15) is 24.0 Å². The number of anilines is 1. The van der Waals surface area contributed by atoms with Gasteiger partial charge in [0.1, 0.15) is 12.1 Å².